The predicted molar refractivity (Wildman–Crippen MR) is 53.8 cm³/mol. The first-order chi connectivity index (χ1) is 6.65. The Balaban J connectivity index is 2.58. The van der Waals surface area contributed by atoms with Crippen LogP contribution in [0.2, 0.25) is 0 Å². The minimum absolute atomic E-state index is 0.0332. The van der Waals surface area contributed by atoms with Crippen molar-refractivity contribution in [3.05, 3.63) is 11.9 Å². The zero-order valence-corrected chi connectivity index (χ0v) is 8.72. The molecule has 2 unspecified atom stereocenters. The van der Waals surface area contributed by atoms with Gasteiger partial charge in [0.2, 0.25) is 0 Å². The summed E-state index contributed by atoms with van der Waals surface area (Å²) in [5.74, 6) is 0. The number of hydrogen-bond donors (Lipinski definition) is 2. The summed E-state index contributed by atoms with van der Waals surface area (Å²) < 4.78 is 1.69. The standard InChI is InChI=1S/C9H18N4O/c1-7(8(2)14)13-6-9(11-12-13)4-3-5-10/h6-8,14H,3-5,10H2,1-2H3. The second kappa shape index (κ2) is 5.07. The SMILES string of the molecule is CC(O)C(C)n1cc(CCCN)nn1. The molecule has 14 heavy (non-hydrogen) atoms. The van der Waals surface area contributed by atoms with E-state index in [-0.39, 0.29) is 6.04 Å². The first kappa shape index (κ1) is 11.1. The van der Waals surface area contributed by atoms with Crippen molar-refractivity contribution in [1.82, 2.24) is 15.0 Å². The molecule has 3 N–H and O–H groups in total. The van der Waals surface area contributed by atoms with E-state index < -0.39 is 6.10 Å². The van der Waals surface area contributed by atoms with Gasteiger partial charge in [0.1, 0.15) is 0 Å². The van der Waals surface area contributed by atoms with Gasteiger partial charge < -0.3 is 10.8 Å². The Hall–Kier alpha value is -0.940. The number of rotatable bonds is 5. The van der Waals surface area contributed by atoms with Crippen LogP contribution < -0.4 is 5.73 Å². The molecule has 0 aliphatic carbocycles. The van der Waals surface area contributed by atoms with Crippen molar-refractivity contribution in [2.45, 2.75) is 38.8 Å². The van der Waals surface area contributed by atoms with Gasteiger partial charge in [-0.25, -0.2) is 4.68 Å². The maximum absolute atomic E-state index is 9.35. The lowest BCUT2D eigenvalue weighted by atomic mass is 10.2. The molecule has 0 fully saturated rings. The quantitative estimate of drug-likeness (QED) is 0.704. The molecule has 0 saturated heterocycles. The lowest BCUT2D eigenvalue weighted by Crippen LogP contribution is -2.18. The van der Waals surface area contributed by atoms with Gasteiger partial charge in [0.25, 0.3) is 0 Å². The predicted octanol–water partition coefficient (Wildman–Crippen LogP) is 0.111. The molecule has 5 nitrogen and oxygen atoms in total. The Bertz CT molecular complexity index is 272. The Labute approximate surface area is 83.9 Å². The lowest BCUT2D eigenvalue weighted by molar-refractivity contribution is 0.131. The van der Waals surface area contributed by atoms with Crippen LogP contribution in [0.1, 0.15) is 32.0 Å². The van der Waals surface area contributed by atoms with Crippen LogP contribution >= 0.6 is 0 Å². The molecule has 0 amide bonds. The zero-order chi connectivity index (χ0) is 10.6. The average molecular weight is 198 g/mol. The van der Waals surface area contributed by atoms with Crippen LogP contribution in [0.4, 0.5) is 0 Å². The third-order valence-electron chi connectivity index (χ3n) is 2.31. The van der Waals surface area contributed by atoms with E-state index in [4.69, 9.17) is 5.73 Å². The molecule has 0 radical (unpaired) electrons. The molecule has 0 aliphatic heterocycles. The average Bonchev–Trinajstić information content (AvgIpc) is 2.61. The number of aliphatic hydroxyl groups is 1. The Morgan fingerprint density at radius 2 is 2.29 bits per heavy atom. The van der Waals surface area contributed by atoms with Gasteiger partial charge in [0, 0.05) is 6.20 Å². The summed E-state index contributed by atoms with van der Waals surface area (Å²) in [5, 5.41) is 17.3. The molecule has 0 aromatic carbocycles. The maximum Gasteiger partial charge on any atom is 0.0827 e. The van der Waals surface area contributed by atoms with Crippen molar-refractivity contribution in [2.24, 2.45) is 5.73 Å². The summed E-state index contributed by atoms with van der Waals surface area (Å²) in [6.07, 6.45) is 3.22. The summed E-state index contributed by atoms with van der Waals surface area (Å²) in [7, 11) is 0. The van der Waals surface area contributed by atoms with Gasteiger partial charge in [0.05, 0.1) is 17.8 Å². The van der Waals surface area contributed by atoms with Gasteiger partial charge >= 0.3 is 0 Å². The van der Waals surface area contributed by atoms with Crippen LogP contribution in [0.15, 0.2) is 6.20 Å². The number of aryl methyl sites for hydroxylation is 1. The molecule has 0 saturated carbocycles. The highest BCUT2D eigenvalue weighted by Gasteiger charge is 2.12. The monoisotopic (exact) mass is 198 g/mol. The van der Waals surface area contributed by atoms with Gasteiger partial charge in [-0.2, -0.15) is 0 Å². The molecule has 80 valence electrons. The number of aromatic nitrogens is 3. The summed E-state index contributed by atoms with van der Waals surface area (Å²) in [6.45, 7) is 4.32. The van der Waals surface area contributed by atoms with E-state index in [9.17, 15) is 5.11 Å². The highest BCUT2D eigenvalue weighted by Crippen LogP contribution is 2.09. The number of aliphatic hydroxyl groups excluding tert-OH is 1. The summed E-state index contributed by atoms with van der Waals surface area (Å²) in [5.41, 5.74) is 6.33. The van der Waals surface area contributed by atoms with Crippen LogP contribution in [0.3, 0.4) is 0 Å². The molecule has 1 rings (SSSR count). The molecule has 1 aromatic rings. The summed E-state index contributed by atoms with van der Waals surface area (Å²) in [4.78, 5) is 0. The Kier molecular flexibility index (Phi) is 4.03. The normalized spacial score (nSPS) is 15.4. The molecule has 2 atom stereocenters. The van der Waals surface area contributed by atoms with Gasteiger partial charge in [-0.1, -0.05) is 5.21 Å². The van der Waals surface area contributed by atoms with Crippen molar-refractivity contribution < 1.29 is 5.11 Å². The summed E-state index contributed by atoms with van der Waals surface area (Å²) in [6, 6.07) is -0.0332. The molecule has 5 heteroatoms. The fraction of sp³-hybridized carbons (Fsp3) is 0.778. The second-order valence-electron chi connectivity index (χ2n) is 3.56. The minimum atomic E-state index is -0.418. The smallest absolute Gasteiger partial charge is 0.0827 e. The van der Waals surface area contributed by atoms with Gasteiger partial charge in [0.15, 0.2) is 0 Å². The van der Waals surface area contributed by atoms with Crippen molar-refractivity contribution in [3.63, 3.8) is 0 Å². The molecular weight excluding hydrogens is 180 g/mol. The fourth-order valence-electron chi connectivity index (χ4n) is 1.13. The maximum atomic E-state index is 9.35. The van der Waals surface area contributed by atoms with Gasteiger partial charge in [-0.05, 0) is 33.2 Å². The highest BCUT2D eigenvalue weighted by atomic mass is 16.3. The molecule has 0 aliphatic rings. The second-order valence-corrected chi connectivity index (χ2v) is 3.56. The van der Waals surface area contributed by atoms with Gasteiger partial charge in [-0.3, -0.25) is 0 Å². The van der Waals surface area contributed by atoms with Crippen LogP contribution in [-0.4, -0.2) is 32.7 Å². The van der Waals surface area contributed by atoms with Crippen LogP contribution in [-0.2, 0) is 6.42 Å². The number of nitrogens with two attached hydrogens (primary N) is 1. The highest BCUT2D eigenvalue weighted by molar-refractivity contribution is 4.93. The van der Waals surface area contributed by atoms with Crippen LogP contribution in [0, 0.1) is 0 Å². The largest absolute Gasteiger partial charge is 0.391 e. The summed E-state index contributed by atoms with van der Waals surface area (Å²) >= 11 is 0. The van der Waals surface area contributed by atoms with Crippen molar-refractivity contribution in [1.29, 1.82) is 0 Å². The van der Waals surface area contributed by atoms with E-state index >= 15 is 0 Å². The van der Waals surface area contributed by atoms with E-state index in [1.54, 1.807) is 11.6 Å². The Morgan fingerprint density at radius 3 is 2.86 bits per heavy atom. The van der Waals surface area contributed by atoms with Gasteiger partial charge in [-0.15, -0.1) is 5.10 Å². The first-order valence-electron chi connectivity index (χ1n) is 4.94. The minimum Gasteiger partial charge on any atom is -0.391 e. The van der Waals surface area contributed by atoms with Crippen LogP contribution in [0.5, 0.6) is 0 Å². The van der Waals surface area contributed by atoms with Crippen molar-refractivity contribution in [3.8, 4) is 0 Å². The van der Waals surface area contributed by atoms with E-state index in [0.717, 1.165) is 18.5 Å². The Morgan fingerprint density at radius 1 is 1.57 bits per heavy atom. The molecule has 0 spiro atoms. The molecule has 1 heterocycles. The number of hydrogen-bond acceptors (Lipinski definition) is 4. The lowest BCUT2D eigenvalue weighted by Gasteiger charge is -2.13. The van der Waals surface area contributed by atoms with Crippen LogP contribution in [0.25, 0.3) is 0 Å². The van der Waals surface area contributed by atoms with Crippen molar-refractivity contribution >= 4 is 0 Å². The topological polar surface area (TPSA) is 77.0 Å². The third kappa shape index (κ3) is 2.78. The zero-order valence-electron chi connectivity index (χ0n) is 8.72. The molecule has 1 aromatic heterocycles. The van der Waals surface area contributed by atoms with Crippen molar-refractivity contribution in [2.75, 3.05) is 6.54 Å². The number of nitrogens with zero attached hydrogens (tertiary/aromatic N) is 3. The first-order valence-corrected chi connectivity index (χ1v) is 4.94. The van der Waals surface area contributed by atoms with E-state index in [1.165, 1.54) is 0 Å². The van der Waals surface area contributed by atoms with E-state index in [2.05, 4.69) is 10.3 Å². The molecule has 0 bridgehead atoms. The van der Waals surface area contributed by atoms with E-state index in [0.29, 0.717) is 6.54 Å². The third-order valence-corrected chi connectivity index (χ3v) is 2.31. The fourth-order valence-corrected chi connectivity index (χ4v) is 1.13. The van der Waals surface area contributed by atoms with E-state index in [1.807, 2.05) is 13.1 Å². The molecular formula is C9H18N4O.